The predicted octanol–water partition coefficient (Wildman–Crippen LogP) is 3.02. The van der Waals surface area contributed by atoms with Crippen molar-refractivity contribution in [2.75, 3.05) is 14.2 Å². The second-order valence-corrected chi connectivity index (χ2v) is 7.89. The molecule has 2 unspecified atom stereocenters. The van der Waals surface area contributed by atoms with Crippen molar-refractivity contribution >= 4 is 11.9 Å². The standard InChI is InChI=1S/C18H33NO4/c1-12(2)15(17(21)23-18(3,4)5)19(6)16(20)13-9-8-10-14(11-13)22-7/h12-15H,8-11H2,1-7H3/t13?,14?,15-/m0/s1. The minimum absolute atomic E-state index is 0.000567. The van der Waals surface area contributed by atoms with Gasteiger partial charge in [0.05, 0.1) is 6.10 Å². The number of rotatable bonds is 5. The summed E-state index contributed by atoms with van der Waals surface area (Å²) in [7, 11) is 3.41. The average Bonchev–Trinajstić information content (AvgIpc) is 2.44. The first-order valence-electron chi connectivity index (χ1n) is 8.59. The largest absolute Gasteiger partial charge is 0.458 e. The number of likely N-dealkylation sites (N-methyl/N-ethyl adjacent to an activating group) is 1. The van der Waals surface area contributed by atoms with Crippen molar-refractivity contribution < 1.29 is 19.1 Å². The van der Waals surface area contributed by atoms with Crippen molar-refractivity contribution in [2.45, 2.75) is 78.0 Å². The molecule has 3 atom stereocenters. The third kappa shape index (κ3) is 5.79. The number of methoxy groups -OCH3 is 1. The number of carbonyl (C=O) groups is 2. The maximum Gasteiger partial charge on any atom is 0.329 e. The van der Waals surface area contributed by atoms with Gasteiger partial charge in [-0.15, -0.1) is 0 Å². The van der Waals surface area contributed by atoms with Crippen LogP contribution in [0.4, 0.5) is 0 Å². The zero-order chi connectivity index (χ0) is 17.8. The van der Waals surface area contributed by atoms with Crippen LogP contribution in [-0.4, -0.2) is 48.7 Å². The summed E-state index contributed by atoms with van der Waals surface area (Å²) in [5, 5.41) is 0. The number of hydrogen-bond acceptors (Lipinski definition) is 4. The number of hydrogen-bond donors (Lipinski definition) is 0. The topological polar surface area (TPSA) is 55.8 Å². The summed E-state index contributed by atoms with van der Waals surface area (Å²) >= 11 is 0. The zero-order valence-electron chi connectivity index (χ0n) is 15.7. The van der Waals surface area contributed by atoms with Gasteiger partial charge in [0.1, 0.15) is 11.6 Å². The van der Waals surface area contributed by atoms with Crippen LogP contribution in [-0.2, 0) is 19.1 Å². The van der Waals surface area contributed by atoms with E-state index in [-0.39, 0.29) is 29.8 Å². The summed E-state index contributed by atoms with van der Waals surface area (Å²) in [5.74, 6) is -0.373. The Morgan fingerprint density at radius 1 is 1.17 bits per heavy atom. The molecule has 0 bridgehead atoms. The number of ether oxygens (including phenoxy) is 2. The maximum atomic E-state index is 12.8. The predicted molar refractivity (Wildman–Crippen MR) is 90.0 cm³/mol. The molecule has 0 spiro atoms. The molecule has 134 valence electrons. The minimum atomic E-state index is -0.555. The molecule has 0 aliphatic heterocycles. The van der Waals surface area contributed by atoms with Gasteiger partial charge in [-0.25, -0.2) is 4.79 Å². The lowest BCUT2D eigenvalue weighted by molar-refractivity contribution is -0.167. The molecule has 0 aromatic heterocycles. The van der Waals surface area contributed by atoms with Gasteiger partial charge < -0.3 is 14.4 Å². The third-order valence-corrected chi connectivity index (χ3v) is 4.35. The van der Waals surface area contributed by atoms with Gasteiger partial charge in [0.2, 0.25) is 5.91 Å². The third-order valence-electron chi connectivity index (χ3n) is 4.35. The van der Waals surface area contributed by atoms with Crippen LogP contribution in [0.25, 0.3) is 0 Å². The summed E-state index contributed by atoms with van der Waals surface area (Å²) in [6.45, 7) is 9.41. The quantitative estimate of drug-likeness (QED) is 0.728. The first-order chi connectivity index (χ1) is 10.6. The molecule has 0 saturated heterocycles. The van der Waals surface area contributed by atoms with Gasteiger partial charge in [0, 0.05) is 20.1 Å². The molecule has 23 heavy (non-hydrogen) atoms. The lowest BCUT2D eigenvalue weighted by Crippen LogP contribution is -2.50. The van der Waals surface area contributed by atoms with E-state index in [1.165, 1.54) is 0 Å². The van der Waals surface area contributed by atoms with E-state index in [9.17, 15) is 9.59 Å². The van der Waals surface area contributed by atoms with E-state index in [2.05, 4.69) is 0 Å². The van der Waals surface area contributed by atoms with Gasteiger partial charge in [-0.2, -0.15) is 0 Å². The van der Waals surface area contributed by atoms with Gasteiger partial charge in [-0.1, -0.05) is 20.3 Å². The Bertz CT molecular complexity index is 414. The normalized spacial score (nSPS) is 23.5. The second kappa shape index (κ2) is 8.13. The number of amides is 1. The molecule has 1 fully saturated rings. The highest BCUT2D eigenvalue weighted by molar-refractivity contribution is 5.86. The van der Waals surface area contributed by atoms with Crippen LogP contribution < -0.4 is 0 Å². The van der Waals surface area contributed by atoms with Crippen molar-refractivity contribution in [3.63, 3.8) is 0 Å². The van der Waals surface area contributed by atoms with Crippen LogP contribution in [0.15, 0.2) is 0 Å². The second-order valence-electron chi connectivity index (χ2n) is 7.89. The first-order valence-corrected chi connectivity index (χ1v) is 8.59. The van der Waals surface area contributed by atoms with Crippen molar-refractivity contribution in [1.29, 1.82) is 0 Å². The van der Waals surface area contributed by atoms with E-state index < -0.39 is 11.6 Å². The summed E-state index contributed by atoms with van der Waals surface area (Å²) in [6.07, 6.45) is 3.73. The molecule has 1 aliphatic rings. The molecule has 0 aromatic carbocycles. The van der Waals surface area contributed by atoms with E-state index in [4.69, 9.17) is 9.47 Å². The van der Waals surface area contributed by atoms with Crippen molar-refractivity contribution in [1.82, 2.24) is 4.90 Å². The molecule has 5 nitrogen and oxygen atoms in total. The van der Waals surface area contributed by atoms with E-state index in [1.54, 1.807) is 19.1 Å². The molecular formula is C18H33NO4. The molecular weight excluding hydrogens is 294 g/mol. The summed E-state index contributed by atoms with van der Waals surface area (Å²) < 4.78 is 10.9. The average molecular weight is 327 g/mol. The SMILES string of the molecule is COC1CCCC(C(=O)N(C)[C@H](C(=O)OC(C)(C)C)C(C)C)C1. The monoisotopic (exact) mass is 327 g/mol. The van der Waals surface area contributed by atoms with Gasteiger partial charge in [0.15, 0.2) is 0 Å². The zero-order valence-corrected chi connectivity index (χ0v) is 15.7. The maximum absolute atomic E-state index is 12.8. The van der Waals surface area contributed by atoms with E-state index in [0.717, 1.165) is 25.7 Å². The highest BCUT2D eigenvalue weighted by Gasteiger charge is 2.37. The number of nitrogens with zero attached hydrogens (tertiary/aromatic N) is 1. The van der Waals surface area contributed by atoms with Crippen molar-refractivity contribution in [3.8, 4) is 0 Å². The molecule has 0 aromatic rings. The van der Waals surface area contributed by atoms with Crippen LogP contribution >= 0.6 is 0 Å². The van der Waals surface area contributed by atoms with Gasteiger partial charge in [0.25, 0.3) is 0 Å². The fourth-order valence-corrected chi connectivity index (χ4v) is 3.25. The highest BCUT2D eigenvalue weighted by Crippen LogP contribution is 2.29. The van der Waals surface area contributed by atoms with E-state index in [0.29, 0.717) is 0 Å². The number of esters is 1. The van der Waals surface area contributed by atoms with Gasteiger partial charge in [-0.05, 0) is 46.0 Å². The van der Waals surface area contributed by atoms with Crippen molar-refractivity contribution in [2.24, 2.45) is 11.8 Å². The summed E-state index contributed by atoms with van der Waals surface area (Å²) in [6, 6.07) is -0.551. The fraction of sp³-hybridized carbons (Fsp3) is 0.889. The van der Waals surface area contributed by atoms with Gasteiger partial charge >= 0.3 is 5.97 Å². The molecule has 1 rings (SSSR count). The summed E-state index contributed by atoms with van der Waals surface area (Å²) in [5.41, 5.74) is -0.555. The van der Waals surface area contributed by atoms with Crippen LogP contribution in [0, 0.1) is 11.8 Å². The Morgan fingerprint density at radius 3 is 2.26 bits per heavy atom. The van der Waals surface area contributed by atoms with Crippen molar-refractivity contribution in [3.05, 3.63) is 0 Å². The first kappa shape index (κ1) is 19.9. The molecule has 5 heteroatoms. The van der Waals surface area contributed by atoms with Crippen LogP contribution in [0.3, 0.4) is 0 Å². The molecule has 0 radical (unpaired) electrons. The summed E-state index contributed by atoms with van der Waals surface area (Å²) in [4.78, 5) is 26.9. The smallest absolute Gasteiger partial charge is 0.329 e. The Labute approximate surface area is 140 Å². The highest BCUT2D eigenvalue weighted by atomic mass is 16.6. The lowest BCUT2D eigenvalue weighted by Gasteiger charge is -2.36. The van der Waals surface area contributed by atoms with Gasteiger partial charge in [-0.3, -0.25) is 4.79 Å². The lowest BCUT2D eigenvalue weighted by atomic mass is 9.85. The Balaban J connectivity index is 2.82. The fourth-order valence-electron chi connectivity index (χ4n) is 3.25. The Kier molecular flexibility index (Phi) is 7.05. The van der Waals surface area contributed by atoms with E-state index in [1.807, 2.05) is 34.6 Å². The number of carbonyl (C=O) groups excluding carboxylic acids is 2. The van der Waals surface area contributed by atoms with Crippen LogP contribution in [0.5, 0.6) is 0 Å². The van der Waals surface area contributed by atoms with Crippen LogP contribution in [0.1, 0.15) is 60.3 Å². The molecule has 1 amide bonds. The molecule has 1 aliphatic carbocycles. The molecule has 1 saturated carbocycles. The molecule has 0 heterocycles. The van der Waals surface area contributed by atoms with Crippen LogP contribution in [0.2, 0.25) is 0 Å². The molecule has 0 N–H and O–H groups in total. The minimum Gasteiger partial charge on any atom is -0.458 e. The Hall–Kier alpha value is -1.10. The Morgan fingerprint density at radius 2 is 1.78 bits per heavy atom. The van der Waals surface area contributed by atoms with E-state index >= 15 is 0 Å².